The zero-order chi connectivity index (χ0) is 29.2. The summed E-state index contributed by atoms with van der Waals surface area (Å²) in [6, 6.07) is 14.1. The number of hydrogen-bond donors (Lipinski definition) is 0. The highest BCUT2D eigenvalue weighted by atomic mass is 19.1. The van der Waals surface area contributed by atoms with Crippen LogP contribution in [-0.2, 0) is 17.9 Å². The van der Waals surface area contributed by atoms with Gasteiger partial charge in [-0.05, 0) is 54.6 Å². The molecule has 4 aromatic heterocycles. The fourth-order valence-corrected chi connectivity index (χ4v) is 6.21. The van der Waals surface area contributed by atoms with Gasteiger partial charge in [0, 0.05) is 33.2 Å². The Hall–Kier alpha value is -4.19. The second kappa shape index (κ2) is 8.19. The van der Waals surface area contributed by atoms with Gasteiger partial charge in [0.05, 0.1) is 27.3 Å². The van der Waals surface area contributed by atoms with E-state index in [0.717, 1.165) is 60.7 Å². The van der Waals surface area contributed by atoms with Crippen molar-refractivity contribution < 1.29 is 8.96 Å². The first-order chi connectivity index (χ1) is 19.3. The highest BCUT2D eigenvalue weighted by Gasteiger charge is 2.28. The molecule has 0 N–H and O–H groups in total. The Morgan fingerprint density at radius 2 is 1.46 bits per heavy atom. The summed E-state index contributed by atoms with van der Waals surface area (Å²) in [6.07, 6.45) is 2.12. The van der Waals surface area contributed by atoms with Crippen molar-refractivity contribution in [2.75, 3.05) is 0 Å². The Morgan fingerprint density at radius 3 is 2.12 bits per heavy atom. The minimum atomic E-state index is -0.246. The lowest BCUT2D eigenvalue weighted by Crippen LogP contribution is -2.29. The number of para-hydroxylation sites is 1. The van der Waals surface area contributed by atoms with Gasteiger partial charge in [-0.15, -0.1) is 0 Å². The van der Waals surface area contributed by atoms with E-state index in [1.54, 1.807) is 12.1 Å². The SMILES string of the molecule is Cc1cc2c3cccc(F)c3n3c4cc(-c5nc(C(C)(C)C)nc(C(C)(C)C)n5)cc5cc[n+](C)c(c(c1C)c23)c54. The molecule has 0 aliphatic heterocycles. The monoisotopic (exact) mass is 544 g/mol. The van der Waals surface area contributed by atoms with Crippen molar-refractivity contribution >= 4 is 49.0 Å². The van der Waals surface area contributed by atoms with E-state index in [9.17, 15) is 0 Å². The van der Waals surface area contributed by atoms with Gasteiger partial charge in [-0.1, -0.05) is 53.7 Å². The fraction of sp³-hybridized carbons (Fsp3) is 0.314. The molecule has 3 aromatic carbocycles. The van der Waals surface area contributed by atoms with Gasteiger partial charge >= 0.3 is 0 Å². The van der Waals surface area contributed by atoms with Crippen molar-refractivity contribution in [3.05, 3.63) is 77.3 Å². The summed E-state index contributed by atoms with van der Waals surface area (Å²) in [5.74, 6) is 1.93. The maximum atomic E-state index is 15.8. The van der Waals surface area contributed by atoms with Crippen molar-refractivity contribution in [3.63, 3.8) is 0 Å². The predicted molar refractivity (Wildman–Crippen MR) is 165 cm³/mol. The van der Waals surface area contributed by atoms with Gasteiger partial charge in [0.2, 0.25) is 5.52 Å². The largest absolute Gasteiger partial charge is 0.305 e. The first-order valence-corrected chi connectivity index (χ1v) is 14.2. The molecule has 0 fully saturated rings. The van der Waals surface area contributed by atoms with Gasteiger partial charge in [0.25, 0.3) is 0 Å². The summed E-state index contributed by atoms with van der Waals surface area (Å²) in [6.45, 7) is 17.1. The molecular weight excluding hydrogens is 509 g/mol. The third-order valence-corrected chi connectivity index (χ3v) is 8.47. The average molecular weight is 545 g/mol. The maximum Gasteiger partial charge on any atom is 0.224 e. The Balaban J connectivity index is 1.73. The number of hydrogen-bond acceptors (Lipinski definition) is 3. The van der Waals surface area contributed by atoms with E-state index in [-0.39, 0.29) is 16.6 Å². The number of aryl methyl sites for hydroxylation is 3. The molecule has 4 heterocycles. The van der Waals surface area contributed by atoms with E-state index >= 15 is 4.39 Å². The van der Waals surface area contributed by atoms with Crippen LogP contribution in [0.4, 0.5) is 4.39 Å². The Bertz CT molecular complexity index is 2180. The average Bonchev–Trinajstić information content (AvgIpc) is 3.24. The smallest absolute Gasteiger partial charge is 0.224 e. The number of halogens is 1. The van der Waals surface area contributed by atoms with E-state index in [1.807, 2.05) is 6.07 Å². The van der Waals surface area contributed by atoms with Crippen LogP contribution in [0, 0.1) is 19.7 Å². The second-order valence-electron chi connectivity index (χ2n) is 13.6. The molecule has 0 atom stereocenters. The quantitative estimate of drug-likeness (QED) is 0.119. The predicted octanol–water partition coefficient (Wildman–Crippen LogP) is 8.02. The summed E-state index contributed by atoms with van der Waals surface area (Å²) in [5.41, 5.74) is 6.54. The zero-order valence-electron chi connectivity index (χ0n) is 25.2. The lowest BCUT2D eigenvalue weighted by Gasteiger charge is -2.23. The second-order valence-corrected chi connectivity index (χ2v) is 13.6. The molecule has 0 aliphatic rings. The molecule has 5 nitrogen and oxygen atoms in total. The number of rotatable bonds is 1. The molecule has 206 valence electrons. The number of aromatic nitrogens is 5. The van der Waals surface area contributed by atoms with Gasteiger partial charge in [0.15, 0.2) is 12.0 Å². The lowest BCUT2D eigenvalue weighted by molar-refractivity contribution is -0.643. The van der Waals surface area contributed by atoms with Crippen LogP contribution in [0.5, 0.6) is 0 Å². The molecule has 7 rings (SSSR count). The number of pyridine rings is 2. The highest BCUT2D eigenvalue weighted by molar-refractivity contribution is 6.26. The summed E-state index contributed by atoms with van der Waals surface area (Å²) >= 11 is 0. The Morgan fingerprint density at radius 1 is 0.780 bits per heavy atom. The molecule has 0 aliphatic carbocycles. The zero-order valence-corrected chi connectivity index (χ0v) is 25.2. The van der Waals surface area contributed by atoms with Crippen LogP contribution in [-0.4, -0.2) is 19.4 Å². The summed E-state index contributed by atoms with van der Waals surface area (Å²) < 4.78 is 20.1. The summed E-state index contributed by atoms with van der Waals surface area (Å²) in [5, 5.41) is 5.32. The van der Waals surface area contributed by atoms with Crippen LogP contribution < -0.4 is 4.57 Å². The first kappa shape index (κ1) is 25.8. The number of nitrogens with zero attached hydrogens (tertiary/aromatic N) is 5. The van der Waals surface area contributed by atoms with E-state index in [0.29, 0.717) is 11.3 Å². The highest BCUT2D eigenvalue weighted by Crippen LogP contribution is 2.43. The minimum Gasteiger partial charge on any atom is -0.305 e. The standard InChI is InChI=1S/C35H35FN5/c1-18-15-23-22-11-10-12-24(36)28(22)41-25-17-21(31-37-32(34(3,4)5)39-33(38-31)35(6,7)8)16-20-13-14-40(9)30(27(20)25)26(19(18)2)29(23)41/h10-17H,1-9H3/q+1. The molecule has 0 spiro atoms. The Kier molecular flexibility index (Phi) is 5.14. The minimum absolute atomic E-state index is 0.229. The molecule has 0 unspecified atom stereocenters. The number of benzene rings is 3. The fourth-order valence-electron chi connectivity index (χ4n) is 6.21. The normalized spacial score (nSPS) is 13.1. The van der Waals surface area contributed by atoms with E-state index < -0.39 is 0 Å². The third-order valence-electron chi connectivity index (χ3n) is 8.47. The summed E-state index contributed by atoms with van der Waals surface area (Å²) in [7, 11) is 2.09. The van der Waals surface area contributed by atoms with Crippen molar-refractivity contribution in [1.29, 1.82) is 0 Å². The van der Waals surface area contributed by atoms with Gasteiger partial charge < -0.3 is 4.40 Å². The van der Waals surface area contributed by atoms with Crippen LogP contribution in [0.2, 0.25) is 0 Å². The molecule has 0 saturated heterocycles. The molecule has 7 aromatic rings. The van der Waals surface area contributed by atoms with Gasteiger partial charge in [0.1, 0.15) is 24.5 Å². The lowest BCUT2D eigenvalue weighted by atomic mass is 9.92. The summed E-state index contributed by atoms with van der Waals surface area (Å²) in [4.78, 5) is 14.9. The molecule has 6 heteroatoms. The van der Waals surface area contributed by atoms with Crippen LogP contribution in [0.25, 0.3) is 60.4 Å². The van der Waals surface area contributed by atoms with Crippen molar-refractivity contribution in [2.45, 2.75) is 66.2 Å². The van der Waals surface area contributed by atoms with Crippen LogP contribution >= 0.6 is 0 Å². The molecule has 41 heavy (non-hydrogen) atoms. The molecule has 0 amide bonds. The van der Waals surface area contributed by atoms with E-state index in [4.69, 9.17) is 15.0 Å². The molecule has 0 saturated carbocycles. The third kappa shape index (κ3) is 3.59. The topological polar surface area (TPSA) is 47.0 Å². The maximum absolute atomic E-state index is 15.8. The van der Waals surface area contributed by atoms with Crippen molar-refractivity contribution in [3.8, 4) is 11.4 Å². The molecule has 0 radical (unpaired) electrons. The van der Waals surface area contributed by atoms with Crippen LogP contribution in [0.1, 0.15) is 64.3 Å². The molecule has 0 bridgehead atoms. The van der Waals surface area contributed by atoms with Crippen LogP contribution in [0.3, 0.4) is 0 Å². The first-order valence-electron chi connectivity index (χ1n) is 14.2. The van der Waals surface area contributed by atoms with E-state index in [1.165, 1.54) is 11.1 Å². The molecular formula is C35H35FN5+. The van der Waals surface area contributed by atoms with Crippen molar-refractivity contribution in [1.82, 2.24) is 19.4 Å². The van der Waals surface area contributed by atoms with E-state index in [2.05, 4.69) is 102 Å². The van der Waals surface area contributed by atoms with Crippen LogP contribution in [0.15, 0.2) is 48.7 Å². The van der Waals surface area contributed by atoms with Gasteiger partial charge in [-0.2, -0.15) is 0 Å². The van der Waals surface area contributed by atoms with Gasteiger partial charge in [-0.3, -0.25) is 0 Å². The Labute approximate surface area is 239 Å². The number of fused-ring (bicyclic) bond motifs is 5. The van der Waals surface area contributed by atoms with Crippen molar-refractivity contribution in [2.24, 2.45) is 7.05 Å². The van der Waals surface area contributed by atoms with Gasteiger partial charge in [-0.25, -0.2) is 23.9 Å².